The summed E-state index contributed by atoms with van der Waals surface area (Å²) < 4.78 is 5.46. The van der Waals surface area contributed by atoms with E-state index in [9.17, 15) is 0 Å². The van der Waals surface area contributed by atoms with Crippen LogP contribution in [0, 0.1) is 0 Å². The molecule has 0 saturated carbocycles. The zero-order valence-corrected chi connectivity index (χ0v) is 12.9. The normalized spacial score (nSPS) is 18.7. The molecule has 1 aliphatic rings. The van der Waals surface area contributed by atoms with Crippen LogP contribution in [0.1, 0.15) is 44.7 Å². The molecule has 1 unspecified atom stereocenters. The van der Waals surface area contributed by atoms with Gasteiger partial charge in [0.1, 0.15) is 0 Å². The van der Waals surface area contributed by atoms with Crippen LogP contribution in [0.2, 0.25) is 0 Å². The number of fused-ring (bicyclic) bond motifs is 1. The molecule has 3 nitrogen and oxygen atoms in total. The Kier molecular flexibility index (Phi) is 6.34. The molecule has 2 rings (SSSR count). The molecule has 1 atom stereocenters. The predicted molar refractivity (Wildman–Crippen MR) is 85.4 cm³/mol. The van der Waals surface area contributed by atoms with Crippen LogP contribution in [0.25, 0.3) is 0 Å². The zero-order valence-electron chi connectivity index (χ0n) is 12.9. The maximum atomic E-state index is 5.46. The minimum absolute atomic E-state index is 0.507. The minimum atomic E-state index is 0.507. The van der Waals surface area contributed by atoms with Gasteiger partial charge in [0, 0.05) is 38.0 Å². The Morgan fingerprint density at radius 3 is 2.95 bits per heavy atom. The van der Waals surface area contributed by atoms with E-state index in [2.05, 4.69) is 48.3 Å². The monoisotopic (exact) mass is 276 g/mol. The summed E-state index contributed by atoms with van der Waals surface area (Å²) in [5, 5.41) is 3.63. The molecule has 3 heteroatoms. The van der Waals surface area contributed by atoms with Crippen molar-refractivity contribution >= 4 is 5.69 Å². The largest absolute Gasteiger partial charge is 0.382 e. The molecule has 0 spiro atoms. The fraction of sp³-hybridized carbons (Fsp3) is 0.647. The van der Waals surface area contributed by atoms with Gasteiger partial charge in [-0.3, -0.25) is 0 Å². The molecule has 0 amide bonds. The zero-order chi connectivity index (χ0) is 14.2. The number of nitrogens with one attached hydrogen (secondary N) is 1. The number of nitrogens with zero attached hydrogens (tertiary/aromatic N) is 1. The van der Waals surface area contributed by atoms with Crippen molar-refractivity contribution in [3.8, 4) is 0 Å². The van der Waals surface area contributed by atoms with Gasteiger partial charge in [0.2, 0.25) is 0 Å². The van der Waals surface area contributed by atoms with Crippen LogP contribution in [0.15, 0.2) is 24.3 Å². The lowest BCUT2D eigenvalue weighted by atomic mass is 10.0. The van der Waals surface area contributed by atoms with Gasteiger partial charge >= 0.3 is 0 Å². The standard InChI is InChI=1S/C17H28N2O/c1-3-18-16-10-7-12-19(13-8-14-20-4-2)17-11-6-5-9-15(16)17/h5-6,9,11,16,18H,3-4,7-8,10,12-14H2,1-2H3. The average Bonchev–Trinajstić information content (AvgIpc) is 2.65. The van der Waals surface area contributed by atoms with Crippen molar-refractivity contribution in [2.45, 2.75) is 39.2 Å². The van der Waals surface area contributed by atoms with Crippen molar-refractivity contribution in [3.63, 3.8) is 0 Å². The summed E-state index contributed by atoms with van der Waals surface area (Å²) in [6.07, 6.45) is 3.59. The van der Waals surface area contributed by atoms with E-state index in [1.807, 2.05) is 0 Å². The molecule has 112 valence electrons. The molecule has 1 aromatic carbocycles. The van der Waals surface area contributed by atoms with Crippen LogP contribution >= 0.6 is 0 Å². The van der Waals surface area contributed by atoms with Crippen LogP contribution < -0.4 is 10.2 Å². The van der Waals surface area contributed by atoms with Gasteiger partial charge in [-0.25, -0.2) is 0 Å². The Morgan fingerprint density at radius 2 is 2.15 bits per heavy atom. The molecule has 0 aromatic heterocycles. The second-order valence-electron chi connectivity index (χ2n) is 5.35. The molecule has 1 aromatic rings. The summed E-state index contributed by atoms with van der Waals surface area (Å²) in [5.74, 6) is 0. The first kappa shape index (κ1) is 15.3. The molecule has 0 bridgehead atoms. The molecule has 0 saturated heterocycles. The van der Waals surface area contributed by atoms with Crippen molar-refractivity contribution in [1.82, 2.24) is 5.32 Å². The smallest absolute Gasteiger partial charge is 0.0482 e. The van der Waals surface area contributed by atoms with E-state index in [0.717, 1.165) is 39.3 Å². The summed E-state index contributed by atoms with van der Waals surface area (Å²) in [4.78, 5) is 2.53. The van der Waals surface area contributed by atoms with Gasteiger partial charge in [0.15, 0.2) is 0 Å². The first-order chi connectivity index (χ1) is 9.86. The highest BCUT2D eigenvalue weighted by Gasteiger charge is 2.21. The lowest BCUT2D eigenvalue weighted by molar-refractivity contribution is 0.146. The maximum Gasteiger partial charge on any atom is 0.0482 e. The number of anilines is 1. The van der Waals surface area contributed by atoms with Crippen LogP contribution in [-0.2, 0) is 4.74 Å². The van der Waals surface area contributed by atoms with E-state index >= 15 is 0 Å². The predicted octanol–water partition coefficient (Wildman–Crippen LogP) is 3.36. The third kappa shape index (κ3) is 3.97. The van der Waals surface area contributed by atoms with Crippen LogP contribution in [-0.4, -0.2) is 32.8 Å². The summed E-state index contributed by atoms with van der Waals surface area (Å²) in [7, 11) is 0. The van der Waals surface area contributed by atoms with Gasteiger partial charge in [-0.2, -0.15) is 0 Å². The summed E-state index contributed by atoms with van der Waals surface area (Å²) >= 11 is 0. The highest BCUT2D eigenvalue weighted by Crippen LogP contribution is 2.32. The molecule has 0 aliphatic carbocycles. The van der Waals surface area contributed by atoms with Gasteiger partial charge in [0.25, 0.3) is 0 Å². The summed E-state index contributed by atoms with van der Waals surface area (Å²) in [6, 6.07) is 9.37. The van der Waals surface area contributed by atoms with Crippen molar-refractivity contribution < 1.29 is 4.74 Å². The Morgan fingerprint density at radius 1 is 1.30 bits per heavy atom. The van der Waals surface area contributed by atoms with Gasteiger partial charge in [-0.15, -0.1) is 0 Å². The van der Waals surface area contributed by atoms with E-state index in [-0.39, 0.29) is 0 Å². The van der Waals surface area contributed by atoms with E-state index in [0.29, 0.717) is 6.04 Å². The third-order valence-corrected chi connectivity index (χ3v) is 3.95. The minimum Gasteiger partial charge on any atom is -0.382 e. The SMILES string of the molecule is CCNC1CCCN(CCCOCC)c2ccccc21. The molecule has 1 N–H and O–H groups in total. The number of ether oxygens (including phenoxy) is 1. The molecule has 1 aliphatic heterocycles. The van der Waals surface area contributed by atoms with Gasteiger partial charge in [-0.1, -0.05) is 25.1 Å². The Labute approximate surface area is 123 Å². The van der Waals surface area contributed by atoms with E-state index in [1.54, 1.807) is 0 Å². The number of hydrogen-bond donors (Lipinski definition) is 1. The fourth-order valence-electron chi connectivity index (χ4n) is 3.02. The second kappa shape index (κ2) is 8.28. The lowest BCUT2D eigenvalue weighted by Crippen LogP contribution is -2.26. The van der Waals surface area contributed by atoms with Crippen molar-refractivity contribution in [3.05, 3.63) is 29.8 Å². The third-order valence-electron chi connectivity index (χ3n) is 3.95. The molecular weight excluding hydrogens is 248 g/mol. The van der Waals surface area contributed by atoms with Crippen molar-refractivity contribution in [2.75, 3.05) is 37.7 Å². The van der Waals surface area contributed by atoms with E-state index in [1.165, 1.54) is 24.1 Å². The number of hydrogen-bond acceptors (Lipinski definition) is 3. The summed E-state index contributed by atoms with van der Waals surface area (Å²) in [6.45, 7) is 9.21. The van der Waals surface area contributed by atoms with Gasteiger partial charge in [0.05, 0.1) is 0 Å². The molecule has 1 heterocycles. The average molecular weight is 276 g/mol. The first-order valence-electron chi connectivity index (χ1n) is 8.01. The van der Waals surface area contributed by atoms with Gasteiger partial charge < -0.3 is 15.0 Å². The number of benzene rings is 1. The Balaban J connectivity index is 2.07. The number of rotatable bonds is 7. The fourth-order valence-corrected chi connectivity index (χ4v) is 3.02. The van der Waals surface area contributed by atoms with Crippen molar-refractivity contribution in [1.29, 1.82) is 0 Å². The topological polar surface area (TPSA) is 24.5 Å². The molecule has 20 heavy (non-hydrogen) atoms. The van der Waals surface area contributed by atoms with E-state index < -0.39 is 0 Å². The second-order valence-corrected chi connectivity index (χ2v) is 5.35. The summed E-state index contributed by atoms with van der Waals surface area (Å²) in [5.41, 5.74) is 2.87. The molecular formula is C17H28N2O. The van der Waals surface area contributed by atoms with Crippen LogP contribution in [0.5, 0.6) is 0 Å². The quantitative estimate of drug-likeness (QED) is 0.773. The lowest BCUT2D eigenvalue weighted by Gasteiger charge is -2.26. The molecule has 0 fully saturated rings. The van der Waals surface area contributed by atoms with Gasteiger partial charge in [-0.05, 0) is 44.4 Å². The number of para-hydroxylation sites is 1. The van der Waals surface area contributed by atoms with E-state index in [4.69, 9.17) is 4.74 Å². The highest BCUT2D eigenvalue weighted by atomic mass is 16.5. The first-order valence-corrected chi connectivity index (χ1v) is 8.01. The molecule has 0 radical (unpaired) electrons. The van der Waals surface area contributed by atoms with Crippen LogP contribution in [0.4, 0.5) is 5.69 Å². The highest BCUT2D eigenvalue weighted by molar-refractivity contribution is 5.55. The van der Waals surface area contributed by atoms with Crippen molar-refractivity contribution in [2.24, 2.45) is 0 Å². The Bertz CT molecular complexity index is 394. The van der Waals surface area contributed by atoms with Crippen LogP contribution in [0.3, 0.4) is 0 Å². The maximum absolute atomic E-state index is 5.46. The Hall–Kier alpha value is -1.06.